The summed E-state index contributed by atoms with van der Waals surface area (Å²) in [4.78, 5) is 32.8. The predicted molar refractivity (Wildman–Crippen MR) is 95.2 cm³/mol. The zero-order chi connectivity index (χ0) is 20.9. The molecule has 3 atom stereocenters. The highest BCUT2D eigenvalue weighted by atomic mass is 19.4. The van der Waals surface area contributed by atoms with Crippen LogP contribution in [-0.2, 0) is 6.18 Å². The van der Waals surface area contributed by atoms with E-state index in [9.17, 15) is 28.1 Å². The Labute approximate surface area is 162 Å². The van der Waals surface area contributed by atoms with E-state index >= 15 is 0 Å². The topological polar surface area (TPSA) is 118 Å². The number of piperidine rings is 1. The van der Waals surface area contributed by atoms with Gasteiger partial charge in [0, 0.05) is 43.2 Å². The van der Waals surface area contributed by atoms with Crippen molar-refractivity contribution in [2.45, 2.75) is 12.2 Å². The third-order valence-corrected chi connectivity index (χ3v) is 5.27. The lowest BCUT2D eigenvalue weighted by atomic mass is 10.2. The second-order valence-electron chi connectivity index (χ2n) is 6.94. The van der Waals surface area contributed by atoms with Crippen molar-refractivity contribution in [3.05, 3.63) is 52.3 Å². The van der Waals surface area contributed by atoms with E-state index in [-0.39, 0.29) is 48.3 Å². The summed E-state index contributed by atoms with van der Waals surface area (Å²) >= 11 is 0. The fourth-order valence-electron chi connectivity index (χ4n) is 3.96. The number of nitro groups is 1. The van der Waals surface area contributed by atoms with Crippen LogP contribution in [0, 0.1) is 22.0 Å². The van der Waals surface area contributed by atoms with Crippen LogP contribution >= 0.6 is 0 Å². The van der Waals surface area contributed by atoms with Crippen LogP contribution in [0.3, 0.4) is 0 Å². The van der Waals surface area contributed by atoms with Crippen LogP contribution in [0.1, 0.15) is 5.56 Å². The van der Waals surface area contributed by atoms with E-state index in [0.29, 0.717) is 0 Å². The van der Waals surface area contributed by atoms with Gasteiger partial charge >= 0.3 is 12.2 Å². The van der Waals surface area contributed by atoms with Crippen LogP contribution in [0.2, 0.25) is 0 Å². The zero-order valence-electron chi connectivity index (χ0n) is 14.8. The fourth-order valence-corrected chi connectivity index (χ4v) is 3.96. The van der Waals surface area contributed by atoms with Gasteiger partial charge in [0.25, 0.3) is 5.69 Å². The third-order valence-electron chi connectivity index (χ3n) is 5.27. The number of pyridine rings is 2. The summed E-state index contributed by atoms with van der Waals surface area (Å²) in [6.07, 6.45) is -2.18. The normalized spacial score (nSPS) is 22.9. The molecule has 2 fully saturated rings. The lowest BCUT2D eigenvalue weighted by Gasteiger charge is -2.27. The van der Waals surface area contributed by atoms with E-state index in [1.165, 1.54) is 29.3 Å². The van der Waals surface area contributed by atoms with Crippen molar-refractivity contribution in [1.29, 1.82) is 0 Å². The molecule has 1 saturated carbocycles. The Morgan fingerprint density at radius 1 is 1.24 bits per heavy atom. The molecule has 2 N–H and O–H groups in total. The number of urea groups is 1. The van der Waals surface area contributed by atoms with Crippen molar-refractivity contribution in [3.8, 4) is 0 Å². The van der Waals surface area contributed by atoms with Crippen molar-refractivity contribution >= 4 is 23.4 Å². The van der Waals surface area contributed by atoms with Gasteiger partial charge in [-0.1, -0.05) is 0 Å². The summed E-state index contributed by atoms with van der Waals surface area (Å²) in [6, 6.07) is 3.67. The summed E-state index contributed by atoms with van der Waals surface area (Å²) in [5.41, 5.74) is 4.45. The molecule has 1 saturated heterocycles. The van der Waals surface area contributed by atoms with Crippen LogP contribution in [0.25, 0.3) is 0 Å². The van der Waals surface area contributed by atoms with Gasteiger partial charge in [0.05, 0.1) is 10.5 Å². The monoisotopic (exact) mass is 408 g/mol. The quantitative estimate of drug-likeness (QED) is 0.613. The van der Waals surface area contributed by atoms with E-state index < -0.39 is 22.7 Å². The molecule has 29 heavy (non-hydrogen) atoms. The Bertz CT molecular complexity index is 956. The average Bonchev–Trinajstić information content (AvgIpc) is 3.12. The molecule has 12 heteroatoms. The van der Waals surface area contributed by atoms with E-state index in [1.807, 2.05) is 0 Å². The molecule has 2 unspecified atom stereocenters. The van der Waals surface area contributed by atoms with Crippen LogP contribution in [0.5, 0.6) is 0 Å². The minimum atomic E-state index is -4.52. The molecule has 9 nitrogen and oxygen atoms in total. The van der Waals surface area contributed by atoms with Gasteiger partial charge in [0.15, 0.2) is 0 Å². The van der Waals surface area contributed by atoms with E-state index in [2.05, 4.69) is 9.97 Å². The maximum Gasteiger partial charge on any atom is 0.419 e. The average molecular weight is 408 g/mol. The Hall–Kier alpha value is -3.44. The molecule has 152 valence electrons. The number of hydrogen-bond acceptors (Lipinski definition) is 6. The van der Waals surface area contributed by atoms with E-state index in [0.717, 1.165) is 12.3 Å². The molecule has 1 aliphatic carbocycles. The molecule has 4 rings (SSSR count). The highest BCUT2D eigenvalue weighted by Gasteiger charge is 2.60. The van der Waals surface area contributed by atoms with E-state index in [4.69, 9.17) is 5.73 Å². The summed E-state index contributed by atoms with van der Waals surface area (Å²) in [5, 5.41) is 10.8. The Morgan fingerprint density at radius 2 is 1.93 bits per heavy atom. The number of halogens is 3. The first-order valence-corrected chi connectivity index (χ1v) is 8.64. The summed E-state index contributed by atoms with van der Waals surface area (Å²) in [5.74, 6) is -0.155. The molecule has 2 aromatic rings. The second-order valence-corrected chi connectivity index (χ2v) is 6.94. The maximum absolute atomic E-state index is 13.2. The number of carbonyl (C=O) groups is 1. The molecule has 0 aromatic carbocycles. The second kappa shape index (κ2) is 6.57. The van der Waals surface area contributed by atoms with Gasteiger partial charge in [0.1, 0.15) is 17.8 Å². The maximum atomic E-state index is 13.2. The molecule has 0 radical (unpaired) electrons. The molecule has 3 heterocycles. The largest absolute Gasteiger partial charge is 0.419 e. The van der Waals surface area contributed by atoms with Crippen LogP contribution in [-0.4, -0.2) is 40.1 Å². The molecule has 2 amide bonds. The van der Waals surface area contributed by atoms with Gasteiger partial charge < -0.3 is 10.6 Å². The van der Waals surface area contributed by atoms with Gasteiger partial charge in [-0.15, -0.1) is 0 Å². The molecule has 0 bridgehead atoms. The van der Waals surface area contributed by atoms with Crippen molar-refractivity contribution in [2.24, 2.45) is 17.6 Å². The van der Waals surface area contributed by atoms with Crippen LogP contribution < -0.4 is 15.5 Å². The number of aromatic nitrogens is 2. The van der Waals surface area contributed by atoms with Gasteiger partial charge in [-0.3, -0.25) is 15.0 Å². The van der Waals surface area contributed by atoms with Crippen molar-refractivity contribution in [2.75, 3.05) is 22.9 Å². The SMILES string of the molecule is NC(=O)N(c1ccc([N+](=O)[O-])cn1)C1C2CN(c3ncccc3C(F)(F)F)C[C@@H]21. The minimum absolute atomic E-state index is 0.0948. The van der Waals surface area contributed by atoms with Gasteiger partial charge in [-0.25, -0.2) is 14.8 Å². The molecular formula is C17H15F3N6O3. The third kappa shape index (κ3) is 3.30. The van der Waals surface area contributed by atoms with Gasteiger partial charge in [-0.2, -0.15) is 13.2 Å². The predicted octanol–water partition coefficient (Wildman–Crippen LogP) is 2.42. The van der Waals surface area contributed by atoms with E-state index in [1.54, 1.807) is 4.90 Å². The molecular weight excluding hydrogens is 393 g/mol. The van der Waals surface area contributed by atoms with Gasteiger partial charge in [0.2, 0.25) is 0 Å². The fraction of sp³-hybridized carbons (Fsp3) is 0.353. The molecule has 0 spiro atoms. The number of fused-ring (bicyclic) bond motifs is 1. The summed E-state index contributed by atoms with van der Waals surface area (Å²) < 4.78 is 39.7. The highest BCUT2D eigenvalue weighted by Crippen LogP contribution is 2.51. The molecule has 2 aliphatic rings. The number of carbonyl (C=O) groups excluding carboxylic acids is 1. The van der Waals surface area contributed by atoms with Crippen molar-refractivity contribution in [3.63, 3.8) is 0 Å². The number of alkyl halides is 3. The lowest BCUT2D eigenvalue weighted by Crippen LogP contribution is -2.43. The standard InChI is InChI=1S/C17H15F3N6O3/c18-17(19,20)12-2-1-5-22-15(12)24-7-10-11(8-24)14(10)25(16(21)27)13-4-3-9(6-23-13)26(28)29/h1-6,10-11,14H,7-8H2,(H2,21,27)/t10-,11?,14?/m0/s1. The van der Waals surface area contributed by atoms with Crippen molar-refractivity contribution in [1.82, 2.24) is 9.97 Å². The number of anilines is 2. The first kappa shape index (κ1) is 18.9. The number of nitrogens with two attached hydrogens (primary N) is 1. The minimum Gasteiger partial charge on any atom is -0.355 e. The number of rotatable bonds is 4. The Kier molecular flexibility index (Phi) is 4.28. The smallest absolute Gasteiger partial charge is 0.355 e. The first-order chi connectivity index (χ1) is 13.7. The van der Waals surface area contributed by atoms with Crippen LogP contribution in [0.15, 0.2) is 36.7 Å². The summed E-state index contributed by atoms with van der Waals surface area (Å²) in [7, 11) is 0. The number of hydrogen-bond donors (Lipinski definition) is 1. The lowest BCUT2D eigenvalue weighted by molar-refractivity contribution is -0.385. The number of amides is 2. The van der Waals surface area contributed by atoms with Crippen molar-refractivity contribution < 1.29 is 22.9 Å². The zero-order valence-corrected chi connectivity index (χ0v) is 14.8. The Balaban J connectivity index is 1.52. The van der Waals surface area contributed by atoms with Crippen LogP contribution in [0.4, 0.5) is 35.3 Å². The highest BCUT2D eigenvalue weighted by molar-refractivity contribution is 5.91. The number of primary amides is 1. The Morgan fingerprint density at radius 3 is 2.45 bits per heavy atom. The summed E-state index contributed by atoms with van der Waals surface area (Å²) in [6.45, 7) is 0.568. The molecule has 2 aromatic heterocycles. The first-order valence-electron chi connectivity index (χ1n) is 8.64. The molecule has 1 aliphatic heterocycles. The number of nitrogens with zero attached hydrogens (tertiary/aromatic N) is 5. The van der Waals surface area contributed by atoms with Gasteiger partial charge in [-0.05, 0) is 18.2 Å².